The molecule has 1 saturated carbocycles. The van der Waals surface area contributed by atoms with Crippen molar-refractivity contribution in [2.75, 3.05) is 7.11 Å². The number of rotatable bonds is 3. The first-order chi connectivity index (χ1) is 7.47. The molecule has 0 saturated heterocycles. The molecule has 1 aromatic rings. The first-order valence-corrected chi connectivity index (χ1v) is 5.68. The van der Waals surface area contributed by atoms with E-state index >= 15 is 0 Å². The van der Waals surface area contributed by atoms with Crippen molar-refractivity contribution in [2.45, 2.75) is 31.7 Å². The summed E-state index contributed by atoms with van der Waals surface area (Å²) in [5, 5.41) is 10.2. The zero-order valence-corrected chi connectivity index (χ0v) is 10.3. The number of methoxy groups -OCH3 is 1. The molecule has 16 heavy (non-hydrogen) atoms. The average molecular weight is 242 g/mol. The van der Waals surface area contributed by atoms with E-state index in [2.05, 4.69) is 0 Å². The third-order valence-corrected chi connectivity index (χ3v) is 3.55. The summed E-state index contributed by atoms with van der Waals surface area (Å²) in [4.78, 5) is 0. The van der Waals surface area contributed by atoms with Crippen molar-refractivity contribution in [3.05, 3.63) is 22.2 Å². The van der Waals surface area contributed by atoms with E-state index in [0.717, 1.165) is 30.4 Å². The van der Waals surface area contributed by atoms with Crippen molar-refractivity contribution in [3.8, 4) is 11.5 Å². The maximum atomic E-state index is 9.67. The lowest BCUT2D eigenvalue weighted by Gasteiger charge is -2.16. The molecule has 88 valence electrons. The largest absolute Gasteiger partial charge is 0.504 e. The molecule has 0 radical (unpaired) electrons. The molecular formula is C12H16ClNO2. The standard InChI is InChI=1S/C12H16ClNO2/c1-7-5-9(15)11(16-2)10(13)8(7)6-12(14)3-4-12/h5,15H,3-4,6,14H2,1-2H3. The molecule has 0 amide bonds. The molecule has 1 aliphatic rings. The fourth-order valence-corrected chi connectivity index (χ4v) is 2.27. The lowest BCUT2D eigenvalue weighted by atomic mass is 9.99. The second-order valence-corrected chi connectivity index (χ2v) is 4.96. The van der Waals surface area contributed by atoms with Crippen LogP contribution in [0, 0.1) is 6.92 Å². The molecule has 0 heterocycles. The number of ether oxygens (including phenoxy) is 1. The van der Waals surface area contributed by atoms with Gasteiger partial charge < -0.3 is 15.6 Å². The van der Waals surface area contributed by atoms with Gasteiger partial charge in [-0.25, -0.2) is 0 Å². The monoisotopic (exact) mass is 241 g/mol. The molecule has 1 fully saturated rings. The lowest BCUT2D eigenvalue weighted by Crippen LogP contribution is -2.25. The number of hydrogen-bond acceptors (Lipinski definition) is 3. The molecule has 0 aromatic heterocycles. The van der Waals surface area contributed by atoms with E-state index in [1.54, 1.807) is 6.07 Å². The van der Waals surface area contributed by atoms with Gasteiger partial charge in [0.2, 0.25) is 0 Å². The van der Waals surface area contributed by atoms with E-state index in [1.165, 1.54) is 7.11 Å². The van der Waals surface area contributed by atoms with Crippen molar-refractivity contribution in [1.82, 2.24) is 0 Å². The Bertz CT molecular complexity index is 428. The first-order valence-electron chi connectivity index (χ1n) is 5.31. The third-order valence-electron chi connectivity index (χ3n) is 3.15. The minimum atomic E-state index is -0.101. The highest BCUT2D eigenvalue weighted by molar-refractivity contribution is 6.33. The van der Waals surface area contributed by atoms with Gasteiger partial charge in [0.1, 0.15) is 0 Å². The van der Waals surface area contributed by atoms with Crippen LogP contribution in [0.2, 0.25) is 5.02 Å². The van der Waals surface area contributed by atoms with Gasteiger partial charge in [-0.05, 0) is 43.4 Å². The lowest BCUT2D eigenvalue weighted by molar-refractivity contribution is 0.372. The first kappa shape index (κ1) is 11.6. The van der Waals surface area contributed by atoms with E-state index < -0.39 is 0 Å². The quantitative estimate of drug-likeness (QED) is 0.855. The van der Waals surface area contributed by atoms with Crippen LogP contribution >= 0.6 is 11.6 Å². The summed E-state index contributed by atoms with van der Waals surface area (Å²) in [6.45, 7) is 1.92. The summed E-state index contributed by atoms with van der Waals surface area (Å²) < 4.78 is 5.08. The van der Waals surface area contributed by atoms with Crippen LogP contribution in [-0.2, 0) is 6.42 Å². The van der Waals surface area contributed by atoms with Gasteiger partial charge in [0, 0.05) is 5.54 Å². The highest BCUT2D eigenvalue weighted by Gasteiger charge is 2.39. The minimum Gasteiger partial charge on any atom is -0.504 e. The van der Waals surface area contributed by atoms with Crippen molar-refractivity contribution in [2.24, 2.45) is 5.73 Å². The molecule has 3 nitrogen and oxygen atoms in total. The zero-order chi connectivity index (χ0) is 11.9. The Balaban J connectivity index is 2.43. The second kappa shape index (κ2) is 3.82. The summed E-state index contributed by atoms with van der Waals surface area (Å²) >= 11 is 6.21. The summed E-state index contributed by atoms with van der Waals surface area (Å²) in [7, 11) is 1.50. The molecule has 0 spiro atoms. The van der Waals surface area contributed by atoms with Crippen LogP contribution in [0.25, 0.3) is 0 Å². The summed E-state index contributed by atoms with van der Waals surface area (Å²) in [6.07, 6.45) is 2.81. The minimum absolute atomic E-state index is 0.0793. The Labute approximate surface area is 100 Å². The van der Waals surface area contributed by atoms with Crippen molar-refractivity contribution < 1.29 is 9.84 Å². The topological polar surface area (TPSA) is 55.5 Å². The van der Waals surface area contributed by atoms with Gasteiger partial charge in [-0.2, -0.15) is 0 Å². The Morgan fingerprint density at radius 3 is 2.69 bits per heavy atom. The predicted molar refractivity (Wildman–Crippen MR) is 64.3 cm³/mol. The SMILES string of the molecule is COc1c(O)cc(C)c(CC2(N)CC2)c1Cl. The number of nitrogens with two attached hydrogens (primary N) is 1. The van der Waals surface area contributed by atoms with Crippen LogP contribution in [0.3, 0.4) is 0 Å². The zero-order valence-electron chi connectivity index (χ0n) is 9.51. The summed E-state index contributed by atoms with van der Waals surface area (Å²) in [5.41, 5.74) is 7.92. The fraction of sp³-hybridized carbons (Fsp3) is 0.500. The molecular weight excluding hydrogens is 226 g/mol. The Kier molecular flexibility index (Phi) is 2.76. The van der Waals surface area contributed by atoms with Gasteiger partial charge in [-0.15, -0.1) is 0 Å². The molecule has 1 aliphatic carbocycles. The Hall–Kier alpha value is -0.930. The number of hydrogen-bond donors (Lipinski definition) is 2. The maximum absolute atomic E-state index is 9.67. The van der Waals surface area contributed by atoms with Crippen LogP contribution in [0.5, 0.6) is 11.5 Å². The molecule has 0 unspecified atom stereocenters. The van der Waals surface area contributed by atoms with Crippen LogP contribution in [0.4, 0.5) is 0 Å². The maximum Gasteiger partial charge on any atom is 0.179 e. The molecule has 0 aliphatic heterocycles. The average Bonchev–Trinajstić information content (AvgIpc) is 2.92. The normalized spacial score (nSPS) is 17.2. The number of benzene rings is 1. The molecule has 4 heteroatoms. The van der Waals surface area contributed by atoms with Gasteiger partial charge in [0.15, 0.2) is 11.5 Å². The molecule has 1 aromatic carbocycles. The molecule has 0 atom stereocenters. The number of aryl methyl sites for hydroxylation is 1. The highest BCUT2D eigenvalue weighted by Crippen LogP contribution is 2.43. The van der Waals surface area contributed by atoms with Crippen molar-refractivity contribution in [3.63, 3.8) is 0 Å². The van der Waals surface area contributed by atoms with Crippen LogP contribution in [-0.4, -0.2) is 17.8 Å². The van der Waals surface area contributed by atoms with Gasteiger partial charge in [-0.3, -0.25) is 0 Å². The third kappa shape index (κ3) is 1.97. The van der Waals surface area contributed by atoms with E-state index in [-0.39, 0.29) is 11.3 Å². The summed E-state index contributed by atoms with van der Waals surface area (Å²) in [5.74, 6) is 0.419. The molecule has 0 bridgehead atoms. The van der Waals surface area contributed by atoms with Gasteiger partial charge >= 0.3 is 0 Å². The number of aromatic hydroxyl groups is 1. The highest BCUT2D eigenvalue weighted by atomic mass is 35.5. The fourth-order valence-electron chi connectivity index (χ4n) is 1.88. The number of phenolic OH excluding ortho intramolecular Hbond substituents is 1. The smallest absolute Gasteiger partial charge is 0.179 e. The van der Waals surface area contributed by atoms with Gasteiger partial charge in [0.25, 0.3) is 0 Å². The number of halogens is 1. The van der Waals surface area contributed by atoms with Crippen molar-refractivity contribution in [1.29, 1.82) is 0 Å². The van der Waals surface area contributed by atoms with Gasteiger partial charge in [0.05, 0.1) is 12.1 Å². The Morgan fingerprint density at radius 1 is 1.56 bits per heavy atom. The predicted octanol–water partition coefficient (Wildman–Crippen LogP) is 2.40. The van der Waals surface area contributed by atoms with E-state index in [0.29, 0.717) is 10.8 Å². The summed E-state index contributed by atoms with van der Waals surface area (Å²) in [6, 6.07) is 1.67. The van der Waals surface area contributed by atoms with Crippen LogP contribution in [0.1, 0.15) is 24.0 Å². The van der Waals surface area contributed by atoms with E-state index in [1.807, 2.05) is 6.92 Å². The van der Waals surface area contributed by atoms with Crippen LogP contribution in [0.15, 0.2) is 6.07 Å². The number of phenols is 1. The Morgan fingerprint density at radius 2 is 2.19 bits per heavy atom. The van der Waals surface area contributed by atoms with Gasteiger partial charge in [-0.1, -0.05) is 11.6 Å². The van der Waals surface area contributed by atoms with E-state index in [4.69, 9.17) is 22.1 Å². The molecule has 3 N–H and O–H groups in total. The van der Waals surface area contributed by atoms with Crippen LogP contribution < -0.4 is 10.5 Å². The molecule has 2 rings (SSSR count). The second-order valence-electron chi connectivity index (χ2n) is 4.58. The van der Waals surface area contributed by atoms with Crippen molar-refractivity contribution >= 4 is 11.6 Å². The van der Waals surface area contributed by atoms with E-state index in [9.17, 15) is 5.11 Å².